The number of hydrogen-bond donors (Lipinski definition) is 0. The van der Waals surface area contributed by atoms with Gasteiger partial charge in [-0.15, -0.1) is 0 Å². The fraction of sp³-hybridized carbons (Fsp3) is 0.800. The van der Waals surface area contributed by atoms with Crippen molar-refractivity contribution in [1.82, 2.24) is 0 Å². The summed E-state index contributed by atoms with van der Waals surface area (Å²) in [6.07, 6.45) is 7.72. The molecule has 0 bridgehead atoms. The lowest BCUT2D eigenvalue weighted by Crippen LogP contribution is -2.23. The van der Waals surface area contributed by atoms with Gasteiger partial charge in [-0.1, -0.05) is 25.7 Å². The summed E-state index contributed by atoms with van der Waals surface area (Å²) in [6, 6.07) is 0. The standard InChI is InChI=1S/C20H34O6/c1-19(2,13-21)15-25-17(23)11-9-7-5-6-8-10-12-18(24)26-16-20(3,4)14-22/h13-14H,5-12,15-16H2,1-4H3. The van der Waals surface area contributed by atoms with Crippen LogP contribution in [-0.2, 0) is 28.7 Å². The van der Waals surface area contributed by atoms with Gasteiger partial charge in [0, 0.05) is 12.8 Å². The summed E-state index contributed by atoms with van der Waals surface area (Å²) in [4.78, 5) is 44.6. The second-order valence-corrected chi connectivity index (χ2v) is 8.16. The van der Waals surface area contributed by atoms with E-state index in [2.05, 4.69) is 0 Å². The number of rotatable bonds is 15. The largest absolute Gasteiger partial charge is 0.465 e. The number of carbonyl (C=O) groups is 4. The number of esters is 2. The number of carbonyl (C=O) groups excluding carboxylic acids is 4. The number of aldehydes is 2. The second-order valence-electron chi connectivity index (χ2n) is 8.16. The monoisotopic (exact) mass is 370 g/mol. The zero-order valence-corrected chi connectivity index (χ0v) is 16.7. The average molecular weight is 370 g/mol. The quantitative estimate of drug-likeness (QED) is 0.248. The molecule has 0 amide bonds. The van der Waals surface area contributed by atoms with E-state index >= 15 is 0 Å². The zero-order chi connectivity index (χ0) is 20.1. The fourth-order valence-corrected chi connectivity index (χ4v) is 1.99. The first kappa shape index (κ1) is 24.3. The molecule has 0 spiro atoms. The van der Waals surface area contributed by atoms with Crippen LogP contribution in [0.2, 0.25) is 0 Å². The minimum Gasteiger partial charge on any atom is -0.465 e. The third kappa shape index (κ3) is 13.6. The molecule has 0 aromatic heterocycles. The van der Waals surface area contributed by atoms with Crippen molar-refractivity contribution in [2.75, 3.05) is 13.2 Å². The molecule has 0 aliphatic carbocycles. The number of unbranched alkanes of at least 4 members (excludes halogenated alkanes) is 5. The van der Waals surface area contributed by atoms with Crippen LogP contribution in [0.15, 0.2) is 0 Å². The SMILES string of the molecule is CC(C)(C=O)COC(=O)CCCCCCCCC(=O)OCC(C)(C)C=O. The van der Waals surface area contributed by atoms with Gasteiger partial charge in [0.25, 0.3) is 0 Å². The van der Waals surface area contributed by atoms with Gasteiger partial charge in [-0.2, -0.15) is 0 Å². The lowest BCUT2D eigenvalue weighted by molar-refractivity contribution is -0.148. The molecule has 0 N–H and O–H groups in total. The second kappa shape index (κ2) is 12.6. The molecule has 0 fully saturated rings. The van der Waals surface area contributed by atoms with Gasteiger partial charge < -0.3 is 19.1 Å². The summed E-state index contributed by atoms with van der Waals surface area (Å²) in [5, 5.41) is 0. The molecule has 0 saturated carbocycles. The van der Waals surface area contributed by atoms with Gasteiger partial charge in [0.2, 0.25) is 0 Å². The van der Waals surface area contributed by atoms with E-state index in [1.54, 1.807) is 27.7 Å². The van der Waals surface area contributed by atoms with Crippen molar-refractivity contribution >= 4 is 24.5 Å². The zero-order valence-electron chi connectivity index (χ0n) is 16.7. The molecule has 0 aliphatic heterocycles. The van der Waals surface area contributed by atoms with Gasteiger partial charge in [0.05, 0.1) is 10.8 Å². The highest BCUT2D eigenvalue weighted by atomic mass is 16.5. The Kier molecular flexibility index (Phi) is 11.8. The van der Waals surface area contributed by atoms with Crippen LogP contribution in [0, 0.1) is 10.8 Å². The minimum absolute atomic E-state index is 0.120. The van der Waals surface area contributed by atoms with Crippen LogP contribution in [0.1, 0.15) is 79.1 Å². The Labute approximate surface area is 157 Å². The van der Waals surface area contributed by atoms with Gasteiger partial charge in [0.1, 0.15) is 25.8 Å². The van der Waals surface area contributed by atoms with Gasteiger partial charge in [0.15, 0.2) is 0 Å². The Bertz CT molecular complexity index is 411. The van der Waals surface area contributed by atoms with E-state index < -0.39 is 10.8 Å². The average Bonchev–Trinajstić information content (AvgIpc) is 2.60. The first-order chi connectivity index (χ1) is 12.1. The van der Waals surface area contributed by atoms with Crippen molar-refractivity contribution in [3.63, 3.8) is 0 Å². The van der Waals surface area contributed by atoms with E-state index in [1.807, 2.05) is 0 Å². The predicted molar refractivity (Wildman–Crippen MR) is 98.5 cm³/mol. The van der Waals surface area contributed by atoms with E-state index in [9.17, 15) is 19.2 Å². The normalized spacial score (nSPS) is 11.7. The van der Waals surface area contributed by atoms with Crippen molar-refractivity contribution < 1.29 is 28.7 Å². The van der Waals surface area contributed by atoms with Crippen LogP contribution in [0.25, 0.3) is 0 Å². The summed E-state index contributed by atoms with van der Waals surface area (Å²) >= 11 is 0. The lowest BCUT2D eigenvalue weighted by atomic mass is 9.98. The third-order valence-corrected chi connectivity index (χ3v) is 3.86. The molecular weight excluding hydrogens is 336 g/mol. The van der Waals surface area contributed by atoms with Crippen molar-refractivity contribution in [3.05, 3.63) is 0 Å². The van der Waals surface area contributed by atoms with Gasteiger partial charge in [-0.25, -0.2) is 0 Å². The molecule has 0 unspecified atom stereocenters. The first-order valence-electron chi connectivity index (χ1n) is 9.36. The van der Waals surface area contributed by atoms with Crippen LogP contribution < -0.4 is 0 Å². The highest BCUT2D eigenvalue weighted by Gasteiger charge is 2.19. The first-order valence-corrected chi connectivity index (χ1v) is 9.36. The van der Waals surface area contributed by atoms with Gasteiger partial charge >= 0.3 is 11.9 Å². The number of hydrogen-bond acceptors (Lipinski definition) is 6. The fourth-order valence-electron chi connectivity index (χ4n) is 1.99. The van der Waals surface area contributed by atoms with Crippen molar-refractivity contribution in [2.45, 2.75) is 79.1 Å². The van der Waals surface area contributed by atoms with E-state index in [4.69, 9.17) is 9.47 Å². The Morgan fingerprint density at radius 3 is 1.27 bits per heavy atom. The maximum absolute atomic E-state index is 11.6. The Morgan fingerprint density at radius 2 is 0.962 bits per heavy atom. The molecule has 0 radical (unpaired) electrons. The summed E-state index contributed by atoms with van der Waals surface area (Å²) in [6.45, 7) is 7.15. The summed E-state index contributed by atoms with van der Waals surface area (Å²) in [7, 11) is 0. The topological polar surface area (TPSA) is 86.7 Å². The van der Waals surface area contributed by atoms with E-state index in [1.165, 1.54) is 0 Å². The molecule has 0 heterocycles. The molecule has 0 saturated heterocycles. The van der Waals surface area contributed by atoms with Crippen molar-refractivity contribution in [3.8, 4) is 0 Å². The van der Waals surface area contributed by atoms with E-state index in [0.717, 1.165) is 51.1 Å². The van der Waals surface area contributed by atoms with E-state index in [-0.39, 0.29) is 25.2 Å². The smallest absolute Gasteiger partial charge is 0.305 e. The van der Waals surface area contributed by atoms with Crippen molar-refractivity contribution in [2.24, 2.45) is 10.8 Å². The Balaban J connectivity index is 3.53. The number of ether oxygens (including phenoxy) is 2. The highest BCUT2D eigenvalue weighted by molar-refractivity contribution is 5.70. The van der Waals surface area contributed by atoms with Crippen LogP contribution in [0.5, 0.6) is 0 Å². The molecule has 0 aliphatic rings. The highest BCUT2D eigenvalue weighted by Crippen LogP contribution is 2.14. The summed E-state index contributed by atoms with van der Waals surface area (Å²) < 4.78 is 10.2. The molecule has 0 rings (SSSR count). The van der Waals surface area contributed by atoms with E-state index in [0.29, 0.717) is 12.8 Å². The molecular formula is C20H34O6. The molecule has 0 aromatic carbocycles. The lowest BCUT2D eigenvalue weighted by Gasteiger charge is -2.16. The molecule has 0 atom stereocenters. The summed E-state index contributed by atoms with van der Waals surface area (Å²) in [5.41, 5.74) is -1.25. The molecule has 26 heavy (non-hydrogen) atoms. The van der Waals surface area contributed by atoms with Crippen LogP contribution in [0.4, 0.5) is 0 Å². The molecule has 0 aromatic rings. The third-order valence-electron chi connectivity index (χ3n) is 3.86. The van der Waals surface area contributed by atoms with Gasteiger partial charge in [-0.05, 0) is 40.5 Å². The summed E-state index contributed by atoms with van der Waals surface area (Å²) in [5.74, 6) is -0.526. The van der Waals surface area contributed by atoms with Crippen LogP contribution in [0.3, 0.4) is 0 Å². The van der Waals surface area contributed by atoms with Crippen LogP contribution >= 0.6 is 0 Å². The Hall–Kier alpha value is -1.72. The molecule has 150 valence electrons. The molecule has 6 nitrogen and oxygen atoms in total. The maximum atomic E-state index is 11.6. The van der Waals surface area contributed by atoms with Gasteiger partial charge in [-0.3, -0.25) is 9.59 Å². The predicted octanol–water partition coefficient (Wildman–Crippen LogP) is 3.64. The minimum atomic E-state index is -0.625. The molecule has 6 heteroatoms. The Morgan fingerprint density at radius 1 is 0.654 bits per heavy atom. The maximum Gasteiger partial charge on any atom is 0.305 e. The van der Waals surface area contributed by atoms with Crippen molar-refractivity contribution in [1.29, 1.82) is 0 Å². The van der Waals surface area contributed by atoms with Crippen LogP contribution in [-0.4, -0.2) is 37.7 Å².